The number of carbonyl (C=O) groups is 5. The van der Waals surface area contributed by atoms with Crippen LogP contribution in [0.4, 0.5) is 0 Å². The molecule has 0 aliphatic carbocycles. The molecule has 0 rings (SSSR count). The maximum absolute atomic E-state index is 12.4. The van der Waals surface area contributed by atoms with E-state index in [-0.39, 0.29) is 24.5 Å². The second-order valence-electron chi connectivity index (χ2n) is 6.79. The molecule has 0 aromatic rings. The monoisotopic (exact) mass is 433 g/mol. The molecule has 0 spiro atoms. The smallest absolute Gasteiger partial charge is 0.327 e. The molecule has 8 N–H and O–H groups in total. The van der Waals surface area contributed by atoms with E-state index >= 15 is 0 Å². The summed E-state index contributed by atoms with van der Waals surface area (Å²) in [6.07, 6.45) is 0.329. The number of carboxylic acid groups (broad SMARTS) is 1. The lowest BCUT2D eigenvalue weighted by Crippen LogP contribution is -2.57. The van der Waals surface area contributed by atoms with Crippen molar-refractivity contribution in [3.05, 3.63) is 0 Å². The average Bonchev–Trinajstić information content (AvgIpc) is 2.66. The van der Waals surface area contributed by atoms with E-state index in [0.717, 1.165) is 0 Å². The normalized spacial score (nSPS) is 15.9. The maximum Gasteiger partial charge on any atom is 0.327 e. The van der Waals surface area contributed by atoms with Crippen molar-refractivity contribution in [3.63, 3.8) is 0 Å². The van der Waals surface area contributed by atoms with Gasteiger partial charge in [-0.05, 0) is 19.3 Å². The minimum absolute atomic E-state index is 0.0893. The van der Waals surface area contributed by atoms with E-state index < -0.39 is 53.8 Å². The van der Waals surface area contributed by atoms with Gasteiger partial charge >= 0.3 is 5.97 Å². The highest BCUT2D eigenvalue weighted by molar-refractivity contribution is 7.80. The van der Waals surface area contributed by atoms with E-state index in [1.54, 1.807) is 6.92 Å². The van der Waals surface area contributed by atoms with Crippen LogP contribution in [0.1, 0.15) is 40.0 Å². The van der Waals surface area contributed by atoms with Crippen LogP contribution in [0.5, 0.6) is 0 Å². The lowest BCUT2D eigenvalue weighted by molar-refractivity contribution is -0.141. The Bertz CT molecular complexity index is 617. The summed E-state index contributed by atoms with van der Waals surface area (Å²) in [5, 5.41) is 16.1. The Morgan fingerprint density at radius 1 is 0.966 bits per heavy atom. The molecular formula is C17H31N5O6S. The zero-order valence-electron chi connectivity index (χ0n) is 16.8. The number of primary amides is 1. The molecule has 0 saturated heterocycles. The molecule has 0 aliphatic heterocycles. The number of aliphatic carboxylic acids is 1. The first-order valence-corrected chi connectivity index (χ1v) is 9.86. The lowest BCUT2D eigenvalue weighted by atomic mass is 9.99. The highest BCUT2D eigenvalue weighted by Gasteiger charge is 2.29. The third kappa shape index (κ3) is 9.61. The molecule has 0 bridgehead atoms. The summed E-state index contributed by atoms with van der Waals surface area (Å²) in [6.45, 7) is 5.10. The molecule has 0 aromatic heterocycles. The van der Waals surface area contributed by atoms with Gasteiger partial charge in [0.25, 0.3) is 0 Å². The first-order valence-electron chi connectivity index (χ1n) is 9.23. The molecule has 0 saturated carbocycles. The van der Waals surface area contributed by atoms with Gasteiger partial charge in [0.05, 0.1) is 6.04 Å². The van der Waals surface area contributed by atoms with Crippen LogP contribution in [0.2, 0.25) is 0 Å². The third-order valence-electron chi connectivity index (χ3n) is 4.42. The average molecular weight is 434 g/mol. The van der Waals surface area contributed by atoms with Crippen LogP contribution in [-0.2, 0) is 24.0 Å². The molecule has 29 heavy (non-hydrogen) atoms. The van der Waals surface area contributed by atoms with E-state index in [1.165, 1.54) is 6.92 Å². The molecule has 0 heterocycles. The van der Waals surface area contributed by atoms with Crippen LogP contribution in [0.3, 0.4) is 0 Å². The van der Waals surface area contributed by atoms with Crippen LogP contribution in [-0.4, -0.2) is 64.6 Å². The fourth-order valence-corrected chi connectivity index (χ4v) is 2.44. The molecule has 5 atom stereocenters. The Morgan fingerprint density at radius 3 is 1.97 bits per heavy atom. The van der Waals surface area contributed by atoms with Gasteiger partial charge in [-0.3, -0.25) is 19.2 Å². The van der Waals surface area contributed by atoms with Crippen LogP contribution in [0.15, 0.2) is 0 Å². The van der Waals surface area contributed by atoms with Gasteiger partial charge in [0, 0.05) is 12.2 Å². The van der Waals surface area contributed by atoms with Gasteiger partial charge in [0.15, 0.2) is 0 Å². The minimum Gasteiger partial charge on any atom is -0.480 e. The van der Waals surface area contributed by atoms with Gasteiger partial charge in [0.2, 0.25) is 23.6 Å². The van der Waals surface area contributed by atoms with Crippen molar-refractivity contribution in [1.82, 2.24) is 16.0 Å². The van der Waals surface area contributed by atoms with Gasteiger partial charge in [0.1, 0.15) is 18.1 Å². The number of hydrogen-bond acceptors (Lipinski definition) is 7. The number of hydrogen-bond donors (Lipinski definition) is 7. The fourth-order valence-electron chi connectivity index (χ4n) is 2.20. The molecule has 0 fully saturated rings. The first kappa shape index (κ1) is 26.7. The summed E-state index contributed by atoms with van der Waals surface area (Å²) in [5.41, 5.74) is 10.9. The third-order valence-corrected chi connectivity index (χ3v) is 4.79. The number of nitrogens with one attached hydrogen (secondary N) is 3. The summed E-state index contributed by atoms with van der Waals surface area (Å²) in [6, 6.07) is -4.30. The SMILES string of the molecule is CCC(C)C(N)C(=O)NC(C)C(=O)NC(CCC(N)=O)C(=O)NC(CS)C(=O)O. The van der Waals surface area contributed by atoms with Crippen molar-refractivity contribution >= 4 is 42.2 Å². The standard InChI is InChI=1S/C17H31N5O6S/c1-4-8(2)13(19)16(26)20-9(3)14(24)21-10(5-6-12(18)23)15(25)22-11(7-29)17(27)28/h8-11,13,29H,4-7,19H2,1-3H3,(H2,18,23)(H,20,26)(H,21,24)(H,22,25)(H,27,28). The predicted octanol–water partition coefficient (Wildman–Crippen LogP) is -1.89. The van der Waals surface area contributed by atoms with Gasteiger partial charge in [-0.25, -0.2) is 4.79 Å². The largest absolute Gasteiger partial charge is 0.480 e. The maximum atomic E-state index is 12.4. The van der Waals surface area contributed by atoms with Crippen LogP contribution >= 0.6 is 12.6 Å². The number of thiol groups is 1. The van der Waals surface area contributed by atoms with Gasteiger partial charge in [-0.1, -0.05) is 20.3 Å². The molecule has 0 radical (unpaired) electrons. The van der Waals surface area contributed by atoms with Gasteiger partial charge in [-0.15, -0.1) is 0 Å². The number of carbonyl (C=O) groups excluding carboxylic acids is 4. The van der Waals surface area contributed by atoms with Crippen LogP contribution in [0.25, 0.3) is 0 Å². The summed E-state index contributed by atoms with van der Waals surface area (Å²) in [5.74, 6) is -4.27. The molecule has 166 valence electrons. The van der Waals surface area contributed by atoms with Crippen molar-refractivity contribution in [1.29, 1.82) is 0 Å². The zero-order chi connectivity index (χ0) is 22.7. The summed E-state index contributed by atoms with van der Waals surface area (Å²) in [4.78, 5) is 59.0. The summed E-state index contributed by atoms with van der Waals surface area (Å²) in [7, 11) is 0. The molecule has 0 aliphatic rings. The van der Waals surface area contributed by atoms with Crippen molar-refractivity contribution < 1.29 is 29.1 Å². The Balaban J connectivity index is 5.09. The Hall–Kier alpha value is -2.34. The second kappa shape index (κ2) is 13.0. The molecular weight excluding hydrogens is 402 g/mol. The quantitative estimate of drug-likeness (QED) is 0.165. The number of nitrogens with two attached hydrogens (primary N) is 2. The van der Waals surface area contributed by atoms with Crippen molar-refractivity contribution in [2.24, 2.45) is 17.4 Å². The van der Waals surface area contributed by atoms with Gasteiger partial charge < -0.3 is 32.5 Å². The number of carboxylic acids is 1. The molecule has 12 heteroatoms. The lowest BCUT2D eigenvalue weighted by Gasteiger charge is -2.24. The molecule has 4 amide bonds. The van der Waals surface area contributed by atoms with Crippen LogP contribution in [0, 0.1) is 5.92 Å². The fraction of sp³-hybridized carbons (Fsp3) is 0.706. The Kier molecular flexibility index (Phi) is 11.9. The molecule has 11 nitrogen and oxygen atoms in total. The highest BCUT2D eigenvalue weighted by Crippen LogP contribution is 2.06. The van der Waals surface area contributed by atoms with Crippen molar-refractivity contribution in [3.8, 4) is 0 Å². The Labute approximate surface area is 175 Å². The van der Waals surface area contributed by atoms with E-state index in [9.17, 15) is 24.0 Å². The minimum atomic E-state index is -1.30. The van der Waals surface area contributed by atoms with Crippen molar-refractivity contribution in [2.75, 3.05) is 5.75 Å². The van der Waals surface area contributed by atoms with E-state index in [4.69, 9.17) is 16.6 Å². The topological polar surface area (TPSA) is 194 Å². The van der Waals surface area contributed by atoms with Crippen LogP contribution < -0.4 is 27.4 Å². The van der Waals surface area contributed by atoms with E-state index in [1.807, 2.05) is 6.92 Å². The van der Waals surface area contributed by atoms with Crippen molar-refractivity contribution in [2.45, 2.75) is 64.2 Å². The summed E-state index contributed by atoms with van der Waals surface area (Å²) < 4.78 is 0. The van der Waals surface area contributed by atoms with E-state index in [0.29, 0.717) is 6.42 Å². The van der Waals surface area contributed by atoms with E-state index in [2.05, 4.69) is 28.6 Å². The number of amides is 4. The zero-order valence-corrected chi connectivity index (χ0v) is 17.7. The number of rotatable bonds is 13. The predicted molar refractivity (Wildman–Crippen MR) is 109 cm³/mol. The second-order valence-corrected chi connectivity index (χ2v) is 7.15. The molecule has 0 aromatic carbocycles. The Morgan fingerprint density at radius 2 is 1.52 bits per heavy atom. The molecule has 5 unspecified atom stereocenters. The van der Waals surface area contributed by atoms with Gasteiger partial charge in [-0.2, -0.15) is 12.6 Å². The highest BCUT2D eigenvalue weighted by atomic mass is 32.1. The first-order chi connectivity index (χ1) is 13.4. The summed E-state index contributed by atoms with van der Waals surface area (Å²) >= 11 is 3.85.